The molecule has 0 aliphatic carbocycles. The number of benzene rings is 3. The molecular weight excluding hydrogens is 394 g/mol. The first-order chi connectivity index (χ1) is 13.9. The van der Waals surface area contributed by atoms with Gasteiger partial charge < -0.3 is 19.5 Å². The van der Waals surface area contributed by atoms with Gasteiger partial charge >= 0.3 is 11.9 Å². The van der Waals surface area contributed by atoms with Crippen molar-refractivity contribution in [3.63, 3.8) is 0 Å². The van der Waals surface area contributed by atoms with E-state index in [2.05, 4.69) is 0 Å². The first-order valence-electron chi connectivity index (χ1n) is 8.62. The molecule has 0 aliphatic heterocycles. The second-order valence-corrected chi connectivity index (χ2v) is 6.52. The van der Waals surface area contributed by atoms with E-state index in [1.165, 1.54) is 19.2 Å². The number of methoxy groups -OCH3 is 1. The number of aromatic carboxylic acids is 1. The number of anilines is 2. The average molecular weight is 412 g/mol. The summed E-state index contributed by atoms with van der Waals surface area (Å²) in [6.07, 6.45) is 0. The predicted molar refractivity (Wildman–Crippen MR) is 111 cm³/mol. The van der Waals surface area contributed by atoms with Crippen molar-refractivity contribution in [3.05, 3.63) is 82.9 Å². The van der Waals surface area contributed by atoms with E-state index in [1.807, 2.05) is 11.9 Å². The Bertz CT molecular complexity index is 1050. The molecule has 0 unspecified atom stereocenters. The molecule has 3 aromatic carbocycles. The van der Waals surface area contributed by atoms with Crippen molar-refractivity contribution in [1.82, 2.24) is 0 Å². The quantitative estimate of drug-likeness (QED) is 0.452. The Kier molecular flexibility index (Phi) is 6.04. The minimum atomic E-state index is -0.981. The molecule has 0 saturated carbocycles. The number of halogens is 1. The number of rotatable bonds is 6. The Morgan fingerprint density at radius 3 is 2.21 bits per heavy atom. The Morgan fingerprint density at radius 1 is 0.931 bits per heavy atom. The van der Waals surface area contributed by atoms with Crippen LogP contribution in [0.15, 0.2) is 66.7 Å². The van der Waals surface area contributed by atoms with Crippen molar-refractivity contribution in [2.24, 2.45) is 0 Å². The van der Waals surface area contributed by atoms with Gasteiger partial charge in [-0.15, -0.1) is 0 Å². The second-order valence-electron chi connectivity index (χ2n) is 6.12. The summed E-state index contributed by atoms with van der Waals surface area (Å²) in [4.78, 5) is 25.3. The first-order valence-corrected chi connectivity index (χ1v) is 9.00. The molecule has 0 amide bonds. The molecule has 0 bridgehead atoms. The predicted octanol–water partition coefficient (Wildman–Crippen LogP) is 5.03. The van der Waals surface area contributed by atoms with E-state index in [0.29, 0.717) is 10.8 Å². The fraction of sp³-hybridized carbons (Fsp3) is 0.0909. The van der Waals surface area contributed by atoms with E-state index >= 15 is 0 Å². The van der Waals surface area contributed by atoms with Crippen molar-refractivity contribution >= 4 is 34.9 Å². The van der Waals surface area contributed by atoms with Gasteiger partial charge in [-0.1, -0.05) is 23.7 Å². The maximum absolute atomic E-state index is 12.4. The monoisotopic (exact) mass is 411 g/mol. The van der Waals surface area contributed by atoms with E-state index in [-0.39, 0.29) is 16.9 Å². The summed E-state index contributed by atoms with van der Waals surface area (Å²) in [5, 5.41) is 9.33. The lowest BCUT2D eigenvalue weighted by Gasteiger charge is -2.21. The van der Waals surface area contributed by atoms with Crippen LogP contribution in [0.4, 0.5) is 11.4 Å². The van der Waals surface area contributed by atoms with Gasteiger partial charge in [0.25, 0.3) is 0 Å². The van der Waals surface area contributed by atoms with Crippen molar-refractivity contribution in [2.75, 3.05) is 19.1 Å². The van der Waals surface area contributed by atoms with E-state index < -0.39 is 11.9 Å². The van der Waals surface area contributed by atoms with Crippen molar-refractivity contribution in [2.45, 2.75) is 0 Å². The number of carbonyl (C=O) groups excluding carboxylic acids is 1. The smallest absolute Gasteiger partial charge is 0.345 e. The molecule has 0 saturated heterocycles. The van der Waals surface area contributed by atoms with Crippen LogP contribution in [-0.2, 0) is 0 Å². The van der Waals surface area contributed by atoms with E-state index in [4.69, 9.17) is 26.2 Å². The number of nitrogens with zero attached hydrogens (tertiary/aromatic N) is 1. The highest BCUT2D eigenvalue weighted by atomic mass is 35.5. The van der Waals surface area contributed by atoms with Gasteiger partial charge in [-0.3, -0.25) is 0 Å². The van der Waals surface area contributed by atoms with Gasteiger partial charge in [0.1, 0.15) is 0 Å². The number of carboxylic acids is 1. The summed E-state index contributed by atoms with van der Waals surface area (Å²) in [6, 6.07) is 18.2. The molecule has 0 spiro atoms. The molecule has 6 nitrogen and oxygen atoms in total. The van der Waals surface area contributed by atoms with Crippen LogP contribution in [0.2, 0.25) is 5.02 Å². The Morgan fingerprint density at radius 2 is 1.59 bits per heavy atom. The number of ether oxygens (including phenoxy) is 2. The van der Waals surface area contributed by atoms with Crippen LogP contribution in [-0.4, -0.2) is 31.2 Å². The molecule has 0 radical (unpaired) electrons. The van der Waals surface area contributed by atoms with E-state index in [0.717, 1.165) is 11.4 Å². The van der Waals surface area contributed by atoms with Crippen molar-refractivity contribution in [1.29, 1.82) is 0 Å². The Hall–Kier alpha value is -3.51. The van der Waals surface area contributed by atoms with Crippen LogP contribution in [0.25, 0.3) is 0 Å². The van der Waals surface area contributed by atoms with Crippen LogP contribution in [0, 0.1) is 0 Å². The standard InChI is InChI=1S/C22H18ClNO5/c1-24(15-9-7-14(8-10-15)21(25)26)16-11-12-19(20(13-16)28-2)29-22(27)17-5-3-4-6-18(17)23/h3-13H,1-2H3,(H,25,26). The second kappa shape index (κ2) is 8.67. The van der Waals surface area contributed by atoms with Crippen molar-refractivity contribution < 1.29 is 24.2 Å². The maximum Gasteiger partial charge on any atom is 0.345 e. The highest BCUT2D eigenvalue weighted by Crippen LogP contribution is 2.34. The zero-order valence-corrected chi connectivity index (χ0v) is 16.5. The molecule has 7 heteroatoms. The van der Waals surface area contributed by atoms with Gasteiger partial charge in [0, 0.05) is 24.5 Å². The van der Waals surface area contributed by atoms with E-state index in [1.54, 1.807) is 54.6 Å². The summed E-state index contributed by atoms with van der Waals surface area (Å²) in [7, 11) is 3.31. The highest BCUT2D eigenvalue weighted by molar-refractivity contribution is 6.33. The Labute approximate surface area is 172 Å². The largest absolute Gasteiger partial charge is 0.493 e. The summed E-state index contributed by atoms with van der Waals surface area (Å²) in [5.41, 5.74) is 2.03. The number of hydrogen-bond donors (Lipinski definition) is 1. The average Bonchev–Trinajstić information content (AvgIpc) is 2.73. The number of carbonyl (C=O) groups is 2. The summed E-state index contributed by atoms with van der Waals surface area (Å²) >= 11 is 6.05. The minimum absolute atomic E-state index is 0.210. The van der Waals surface area contributed by atoms with Gasteiger partial charge in [0.2, 0.25) is 0 Å². The summed E-state index contributed by atoms with van der Waals surface area (Å²) < 4.78 is 10.8. The first kappa shape index (κ1) is 20.2. The molecule has 0 fully saturated rings. The lowest BCUT2D eigenvalue weighted by Crippen LogP contribution is -2.12. The molecule has 3 aromatic rings. The fourth-order valence-electron chi connectivity index (χ4n) is 2.71. The SMILES string of the molecule is COc1cc(N(C)c2ccc(C(=O)O)cc2)ccc1OC(=O)c1ccccc1Cl. The molecule has 0 aromatic heterocycles. The summed E-state index contributed by atoms with van der Waals surface area (Å²) in [6.45, 7) is 0. The van der Waals surface area contributed by atoms with Gasteiger partial charge in [-0.2, -0.15) is 0 Å². The normalized spacial score (nSPS) is 10.3. The minimum Gasteiger partial charge on any atom is -0.493 e. The van der Waals surface area contributed by atoms with Gasteiger partial charge in [0.05, 0.1) is 23.3 Å². The molecule has 3 rings (SSSR count). The van der Waals surface area contributed by atoms with Crippen LogP contribution in [0.1, 0.15) is 20.7 Å². The third-order valence-electron chi connectivity index (χ3n) is 4.33. The number of esters is 1. The Balaban J connectivity index is 1.83. The molecule has 29 heavy (non-hydrogen) atoms. The highest BCUT2D eigenvalue weighted by Gasteiger charge is 2.16. The van der Waals surface area contributed by atoms with Crippen LogP contribution >= 0.6 is 11.6 Å². The number of hydrogen-bond acceptors (Lipinski definition) is 5. The maximum atomic E-state index is 12.4. The molecule has 1 N–H and O–H groups in total. The molecule has 0 heterocycles. The molecule has 148 valence electrons. The zero-order chi connectivity index (χ0) is 21.0. The number of carboxylic acid groups (broad SMARTS) is 1. The third-order valence-corrected chi connectivity index (χ3v) is 4.66. The third kappa shape index (κ3) is 4.50. The van der Waals surface area contributed by atoms with E-state index in [9.17, 15) is 9.59 Å². The van der Waals surface area contributed by atoms with Gasteiger partial charge in [-0.05, 0) is 48.5 Å². The fourth-order valence-corrected chi connectivity index (χ4v) is 2.92. The molecule has 0 atom stereocenters. The van der Waals surface area contributed by atoms with Crippen LogP contribution in [0.3, 0.4) is 0 Å². The van der Waals surface area contributed by atoms with Crippen LogP contribution < -0.4 is 14.4 Å². The van der Waals surface area contributed by atoms with Gasteiger partial charge in [0.15, 0.2) is 11.5 Å². The molecular formula is C22H18ClNO5. The van der Waals surface area contributed by atoms with Gasteiger partial charge in [-0.25, -0.2) is 9.59 Å². The topological polar surface area (TPSA) is 76.1 Å². The zero-order valence-electron chi connectivity index (χ0n) is 15.8. The summed E-state index contributed by atoms with van der Waals surface area (Å²) in [5.74, 6) is -0.933. The molecule has 0 aliphatic rings. The lowest BCUT2D eigenvalue weighted by molar-refractivity contribution is 0.0694. The van der Waals surface area contributed by atoms with Crippen LogP contribution in [0.5, 0.6) is 11.5 Å². The van der Waals surface area contributed by atoms with Crippen molar-refractivity contribution in [3.8, 4) is 11.5 Å². The lowest BCUT2D eigenvalue weighted by atomic mass is 10.2.